The number of likely N-dealkylation sites (tertiary alicyclic amines) is 1. The van der Waals surface area contributed by atoms with Gasteiger partial charge in [-0.2, -0.15) is 0 Å². The van der Waals surface area contributed by atoms with Crippen LogP contribution in [0.2, 0.25) is 0 Å². The van der Waals surface area contributed by atoms with Crippen LogP contribution in [0.3, 0.4) is 0 Å². The highest BCUT2D eigenvalue weighted by molar-refractivity contribution is 8.03. The van der Waals surface area contributed by atoms with E-state index in [1.165, 1.54) is 4.91 Å². The van der Waals surface area contributed by atoms with Gasteiger partial charge in [0.25, 0.3) is 0 Å². The summed E-state index contributed by atoms with van der Waals surface area (Å²) < 4.78 is 12.2. The molecule has 1 aliphatic heterocycles. The summed E-state index contributed by atoms with van der Waals surface area (Å²) in [7, 11) is 0. The quantitative estimate of drug-likeness (QED) is 0.409. The van der Waals surface area contributed by atoms with Crippen molar-refractivity contribution < 1.29 is 19.1 Å². The third kappa shape index (κ3) is 7.47. The van der Waals surface area contributed by atoms with E-state index in [2.05, 4.69) is 29.7 Å². The summed E-state index contributed by atoms with van der Waals surface area (Å²) >= 11 is 8.09. The molecule has 7 heteroatoms. The van der Waals surface area contributed by atoms with Crippen molar-refractivity contribution in [2.24, 2.45) is 11.8 Å². The number of carbonyl (C=O) groups is 2. The summed E-state index contributed by atoms with van der Waals surface area (Å²) in [6, 6.07) is 0. The topological polar surface area (TPSA) is 46.6 Å². The zero-order valence-corrected chi connectivity index (χ0v) is 18.9. The summed E-state index contributed by atoms with van der Waals surface area (Å²) in [5, 5.41) is 0.613. The van der Waals surface area contributed by atoms with Crippen molar-refractivity contribution in [1.82, 2.24) is 4.90 Å². The van der Waals surface area contributed by atoms with E-state index in [0.29, 0.717) is 43.1 Å². The summed E-state index contributed by atoms with van der Waals surface area (Å²) in [5.41, 5.74) is 0.946. The van der Waals surface area contributed by atoms with Crippen LogP contribution in [-0.4, -0.2) is 35.6 Å². The lowest BCUT2D eigenvalue weighted by atomic mass is 9.94. The Morgan fingerprint density at radius 2 is 2.17 bits per heavy atom. The van der Waals surface area contributed by atoms with E-state index >= 15 is 0 Å². The maximum atomic E-state index is 13.3. The third-order valence-electron chi connectivity index (χ3n) is 5.35. The molecule has 1 atom stereocenters. The number of hydrogen-bond donors (Lipinski definition) is 0. The van der Waals surface area contributed by atoms with E-state index in [0.717, 1.165) is 18.4 Å². The number of nitrogens with zero attached hydrogens (tertiary/aromatic N) is 1. The molecule has 0 bridgehead atoms. The van der Waals surface area contributed by atoms with Gasteiger partial charge in [0.15, 0.2) is 0 Å². The predicted octanol–water partition coefficient (Wildman–Crippen LogP) is 5.88. The summed E-state index contributed by atoms with van der Waals surface area (Å²) in [5.74, 6) is -0.829. The van der Waals surface area contributed by atoms with Gasteiger partial charge in [0.2, 0.25) is 5.91 Å². The molecule has 0 aromatic heterocycles. The van der Waals surface area contributed by atoms with Crippen molar-refractivity contribution in [1.29, 1.82) is 0 Å². The maximum absolute atomic E-state index is 13.3. The molecule has 1 amide bonds. The molecule has 1 heterocycles. The van der Waals surface area contributed by atoms with Crippen LogP contribution in [0.25, 0.3) is 0 Å². The first-order chi connectivity index (χ1) is 14.5. The Morgan fingerprint density at radius 1 is 1.43 bits per heavy atom. The average Bonchev–Trinajstić information content (AvgIpc) is 2.79. The lowest BCUT2D eigenvalue weighted by Crippen LogP contribution is -2.43. The van der Waals surface area contributed by atoms with E-state index < -0.39 is 11.9 Å². The Hall–Kier alpha value is -1.79. The van der Waals surface area contributed by atoms with Crippen LogP contribution < -0.4 is 0 Å². The monoisotopic (exact) mass is 453 g/mol. The van der Waals surface area contributed by atoms with E-state index in [9.17, 15) is 14.1 Å². The van der Waals surface area contributed by atoms with Gasteiger partial charge in [-0.25, -0.2) is 4.79 Å². The molecular weight excluding hydrogens is 425 g/mol. The van der Waals surface area contributed by atoms with E-state index in [-0.39, 0.29) is 11.8 Å². The summed E-state index contributed by atoms with van der Waals surface area (Å²) in [4.78, 5) is 31.1. The van der Waals surface area contributed by atoms with E-state index in [1.807, 2.05) is 6.92 Å². The molecule has 0 radical (unpaired) electrons. The van der Waals surface area contributed by atoms with Crippen LogP contribution in [0.4, 0.5) is 4.53 Å². The van der Waals surface area contributed by atoms with Crippen molar-refractivity contribution in [2.75, 3.05) is 18.8 Å². The fourth-order valence-corrected chi connectivity index (χ4v) is 4.81. The fraction of sp³-hybridized carbons (Fsp3) is 0.478. The first kappa shape index (κ1) is 24.5. The van der Waals surface area contributed by atoms with E-state index in [1.54, 1.807) is 34.9 Å². The normalized spacial score (nSPS) is 19.3. The number of hydrogen-bond acceptors (Lipinski definition) is 4. The highest BCUT2D eigenvalue weighted by Gasteiger charge is 2.32. The number of allylic oxidation sites excluding steroid dienone is 9. The Kier molecular flexibility index (Phi) is 10.4. The Balaban J connectivity index is 2.07. The number of halogens is 2. The lowest BCUT2D eigenvalue weighted by Gasteiger charge is -2.33. The molecule has 1 saturated heterocycles. The van der Waals surface area contributed by atoms with Crippen LogP contribution in [0.1, 0.15) is 39.0 Å². The van der Waals surface area contributed by atoms with Gasteiger partial charge in [0.1, 0.15) is 0 Å². The molecule has 0 N–H and O–H groups in total. The van der Waals surface area contributed by atoms with Gasteiger partial charge < -0.3 is 4.90 Å². The Bertz CT molecular complexity index is 752. The fourth-order valence-electron chi connectivity index (χ4n) is 3.54. The standard InChI is InChI=1S/C23H29ClFNO3S/c1-3-4-10-21(24)17(2)15-19(16-30-20-8-6-5-7-9-20)22(27)26-13-11-18(12-14-26)23(28)29-25/h3-6,8,10,18-19H,1,7,9,11-16H2,2H3/b10-4-,21-17-. The molecule has 30 heavy (non-hydrogen) atoms. The van der Waals surface area contributed by atoms with Gasteiger partial charge in [0, 0.05) is 28.4 Å². The van der Waals surface area contributed by atoms with Crippen LogP contribution in [0.15, 0.2) is 58.5 Å². The SMILES string of the molecule is C=C/C=C\C(Cl)=C(/C)CC(CSC1=CC=CCC1)C(=O)N1CCC(C(=O)OF)CC1. The Labute approximate surface area is 187 Å². The minimum absolute atomic E-state index is 0.0537. The van der Waals surface area contributed by atoms with Crippen molar-refractivity contribution in [3.05, 3.63) is 58.5 Å². The average molecular weight is 454 g/mol. The van der Waals surface area contributed by atoms with Crippen LogP contribution in [0.5, 0.6) is 0 Å². The molecule has 2 aliphatic rings. The molecule has 1 unspecified atom stereocenters. The van der Waals surface area contributed by atoms with Gasteiger partial charge in [0.05, 0.1) is 11.8 Å². The molecule has 0 aromatic rings. The van der Waals surface area contributed by atoms with Gasteiger partial charge in [-0.15, -0.1) is 11.8 Å². The number of rotatable bonds is 9. The van der Waals surface area contributed by atoms with Crippen LogP contribution in [0, 0.1) is 11.8 Å². The largest absolute Gasteiger partial charge is 0.351 e. The second kappa shape index (κ2) is 12.8. The predicted molar refractivity (Wildman–Crippen MR) is 121 cm³/mol. The van der Waals surface area contributed by atoms with Crippen molar-refractivity contribution in [2.45, 2.75) is 39.0 Å². The molecule has 0 saturated carbocycles. The second-order valence-electron chi connectivity index (χ2n) is 7.53. The second-order valence-corrected chi connectivity index (χ2v) is 9.08. The van der Waals surface area contributed by atoms with E-state index in [4.69, 9.17) is 11.6 Å². The number of amides is 1. The molecular formula is C23H29ClFNO3S. The van der Waals surface area contributed by atoms with Crippen molar-refractivity contribution >= 4 is 35.2 Å². The third-order valence-corrected chi connectivity index (χ3v) is 7.08. The maximum Gasteiger partial charge on any atom is 0.351 e. The van der Waals surface area contributed by atoms with Gasteiger partial charge in [-0.05, 0) is 50.0 Å². The number of piperidine rings is 1. The van der Waals surface area contributed by atoms with Gasteiger partial charge in [-0.1, -0.05) is 54.1 Å². The minimum atomic E-state index is -0.842. The summed E-state index contributed by atoms with van der Waals surface area (Å²) in [6.07, 6.45) is 14.9. The molecule has 0 aromatic carbocycles. The first-order valence-electron chi connectivity index (χ1n) is 10.2. The molecule has 0 spiro atoms. The Morgan fingerprint density at radius 3 is 2.77 bits per heavy atom. The van der Waals surface area contributed by atoms with Gasteiger partial charge >= 0.3 is 5.97 Å². The molecule has 2 rings (SSSR count). The molecule has 1 aliphatic carbocycles. The minimum Gasteiger partial charge on any atom is -0.342 e. The zero-order valence-electron chi connectivity index (χ0n) is 17.3. The van der Waals surface area contributed by atoms with Crippen molar-refractivity contribution in [3.63, 3.8) is 0 Å². The number of thioether (sulfide) groups is 1. The van der Waals surface area contributed by atoms with Gasteiger partial charge in [-0.3, -0.25) is 9.74 Å². The lowest BCUT2D eigenvalue weighted by molar-refractivity contribution is -0.191. The van der Waals surface area contributed by atoms with Crippen LogP contribution in [-0.2, 0) is 14.5 Å². The molecule has 164 valence electrons. The molecule has 4 nitrogen and oxygen atoms in total. The highest BCUT2D eigenvalue weighted by Crippen LogP contribution is 2.31. The zero-order chi connectivity index (χ0) is 21.9. The van der Waals surface area contributed by atoms with Crippen molar-refractivity contribution in [3.8, 4) is 0 Å². The van der Waals surface area contributed by atoms with Crippen LogP contribution >= 0.6 is 23.4 Å². The first-order valence-corrected chi connectivity index (χ1v) is 11.6. The highest BCUT2D eigenvalue weighted by atomic mass is 35.5. The smallest absolute Gasteiger partial charge is 0.342 e. The summed E-state index contributed by atoms with van der Waals surface area (Å²) in [6.45, 7) is 6.44. The number of carbonyl (C=O) groups excluding carboxylic acids is 2. The molecule has 1 fully saturated rings.